The van der Waals surface area contributed by atoms with E-state index < -0.39 is 16.2 Å². The van der Waals surface area contributed by atoms with Gasteiger partial charge in [0.1, 0.15) is 14.0 Å². The van der Waals surface area contributed by atoms with E-state index in [-0.39, 0.29) is 24.1 Å². The number of hydrogen-bond donors (Lipinski definition) is 0. The molecule has 1 heterocycles. The van der Waals surface area contributed by atoms with Crippen LogP contribution in [0, 0.1) is 5.92 Å². The molecule has 4 nitrogen and oxygen atoms in total. The zero-order valence-electron chi connectivity index (χ0n) is 12.6. The first-order valence-corrected chi connectivity index (χ1v) is 13.3. The molecule has 8 heteroatoms. The standard InChI is InChI=1S/C11H24BClO4Si2/c1-8-10(9(7-14-2)15-11(8)12)16-19(5,6)17-18(3,4)13/h8-11H,7H2,1-6H3/t8?,9-,10?,11-/m1/s1. The summed E-state index contributed by atoms with van der Waals surface area (Å²) in [4.78, 5) is 0. The van der Waals surface area contributed by atoms with Gasteiger partial charge in [0, 0.05) is 19.0 Å². The minimum Gasteiger partial charge on any atom is -0.424 e. The Balaban J connectivity index is 2.71. The molecule has 0 N–H and O–H groups in total. The van der Waals surface area contributed by atoms with Gasteiger partial charge < -0.3 is 18.0 Å². The lowest BCUT2D eigenvalue weighted by molar-refractivity contribution is -0.0172. The third-order valence-electron chi connectivity index (χ3n) is 2.97. The number of hydrogen-bond acceptors (Lipinski definition) is 4. The lowest BCUT2D eigenvalue weighted by Gasteiger charge is -2.34. The largest absolute Gasteiger partial charge is 0.424 e. The molecule has 1 fully saturated rings. The Hall–Kier alpha value is 0.629. The molecule has 0 bridgehead atoms. The zero-order chi connectivity index (χ0) is 14.8. The molecule has 2 radical (unpaired) electrons. The van der Waals surface area contributed by atoms with Crippen LogP contribution in [-0.4, -0.2) is 56.0 Å². The van der Waals surface area contributed by atoms with Crippen LogP contribution in [0.2, 0.25) is 26.2 Å². The van der Waals surface area contributed by atoms with E-state index in [0.717, 1.165) is 0 Å². The van der Waals surface area contributed by atoms with Crippen LogP contribution in [0.3, 0.4) is 0 Å². The molecule has 0 aromatic heterocycles. The minimum absolute atomic E-state index is 0.107. The normalized spacial score (nSPS) is 32.8. The molecule has 0 aromatic rings. The maximum atomic E-state index is 6.26. The maximum Gasteiger partial charge on any atom is 0.322 e. The average Bonchev–Trinajstić information content (AvgIpc) is 2.42. The molecule has 0 spiro atoms. The summed E-state index contributed by atoms with van der Waals surface area (Å²) in [5.74, 6) is 0.107. The fraction of sp³-hybridized carbons (Fsp3) is 1.00. The van der Waals surface area contributed by atoms with Crippen molar-refractivity contribution in [3.63, 3.8) is 0 Å². The first-order chi connectivity index (χ1) is 8.56. The van der Waals surface area contributed by atoms with Crippen molar-refractivity contribution in [1.29, 1.82) is 0 Å². The zero-order valence-corrected chi connectivity index (χ0v) is 15.4. The summed E-state index contributed by atoms with van der Waals surface area (Å²) < 4.78 is 23.0. The van der Waals surface area contributed by atoms with Gasteiger partial charge in [0.05, 0.1) is 12.7 Å². The third-order valence-corrected chi connectivity index (χ3v) is 8.42. The molecule has 19 heavy (non-hydrogen) atoms. The number of rotatable bonds is 6. The second-order valence-corrected chi connectivity index (χ2v) is 15.2. The van der Waals surface area contributed by atoms with E-state index in [4.69, 9.17) is 36.9 Å². The Labute approximate surface area is 124 Å². The van der Waals surface area contributed by atoms with E-state index in [2.05, 4.69) is 0 Å². The van der Waals surface area contributed by atoms with Gasteiger partial charge in [0.15, 0.2) is 0 Å². The Morgan fingerprint density at radius 3 is 2.32 bits per heavy atom. The van der Waals surface area contributed by atoms with Crippen molar-refractivity contribution >= 4 is 35.1 Å². The van der Waals surface area contributed by atoms with Crippen molar-refractivity contribution in [2.24, 2.45) is 5.92 Å². The molecule has 0 amide bonds. The summed E-state index contributed by atoms with van der Waals surface area (Å²) in [6, 6.07) is -0.323. The summed E-state index contributed by atoms with van der Waals surface area (Å²) in [7, 11) is 3.13. The van der Waals surface area contributed by atoms with Crippen molar-refractivity contribution in [2.75, 3.05) is 13.7 Å². The van der Waals surface area contributed by atoms with Crippen LogP contribution >= 0.6 is 11.1 Å². The quantitative estimate of drug-likeness (QED) is 0.555. The Bertz CT molecular complexity index is 301. The van der Waals surface area contributed by atoms with E-state index in [1.165, 1.54) is 0 Å². The summed E-state index contributed by atoms with van der Waals surface area (Å²) in [6.45, 7) is 10.4. The molecule has 1 aliphatic heterocycles. The van der Waals surface area contributed by atoms with Gasteiger partial charge in [-0.25, -0.2) is 0 Å². The summed E-state index contributed by atoms with van der Waals surface area (Å²) in [5, 5.41) is 0. The van der Waals surface area contributed by atoms with Gasteiger partial charge in [-0.1, -0.05) is 6.92 Å². The topological polar surface area (TPSA) is 36.9 Å². The second kappa shape index (κ2) is 6.59. The summed E-state index contributed by atoms with van der Waals surface area (Å²) in [6.07, 6.45) is -0.255. The van der Waals surface area contributed by atoms with Gasteiger partial charge in [-0.15, -0.1) is 11.1 Å². The number of methoxy groups -OCH3 is 1. The van der Waals surface area contributed by atoms with Crippen LogP contribution in [0.5, 0.6) is 0 Å². The molecule has 0 saturated carbocycles. The highest BCUT2D eigenvalue weighted by Crippen LogP contribution is 2.31. The lowest BCUT2D eigenvalue weighted by atomic mass is 9.86. The number of halogens is 1. The highest BCUT2D eigenvalue weighted by molar-refractivity contribution is 7.17. The van der Waals surface area contributed by atoms with Crippen molar-refractivity contribution in [3.8, 4) is 0 Å². The van der Waals surface area contributed by atoms with Crippen molar-refractivity contribution in [1.82, 2.24) is 0 Å². The summed E-state index contributed by atoms with van der Waals surface area (Å²) >= 11 is 6.26. The SMILES string of the molecule is [B][C@@H]1O[C@H](COC)C(O[Si](C)(C)O[Si](C)(C)Cl)C1C. The average molecular weight is 323 g/mol. The molecule has 1 rings (SSSR count). The predicted octanol–water partition coefficient (Wildman–Crippen LogP) is 2.21. The lowest BCUT2D eigenvalue weighted by Crippen LogP contribution is -2.49. The molecule has 1 saturated heterocycles. The fourth-order valence-electron chi connectivity index (χ4n) is 2.35. The Morgan fingerprint density at radius 1 is 1.26 bits per heavy atom. The van der Waals surface area contributed by atoms with Gasteiger partial charge in [-0.2, -0.15) is 0 Å². The van der Waals surface area contributed by atoms with E-state index in [1.54, 1.807) is 7.11 Å². The van der Waals surface area contributed by atoms with E-state index in [9.17, 15) is 0 Å². The van der Waals surface area contributed by atoms with Gasteiger partial charge in [-0.3, -0.25) is 0 Å². The first-order valence-electron chi connectivity index (χ1n) is 6.52. The summed E-state index contributed by atoms with van der Waals surface area (Å²) in [5.41, 5.74) is 0. The van der Waals surface area contributed by atoms with Crippen LogP contribution in [0.4, 0.5) is 0 Å². The Morgan fingerprint density at radius 2 is 1.84 bits per heavy atom. The molecular formula is C11H24BClO4Si2. The van der Waals surface area contributed by atoms with Crippen LogP contribution in [0.25, 0.3) is 0 Å². The molecule has 110 valence electrons. The maximum absolute atomic E-state index is 6.26. The third kappa shape index (κ3) is 5.49. The molecule has 4 atom stereocenters. The van der Waals surface area contributed by atoms with Crippen LogP contribution in [0.1, 0.15) is 6.92 Å². The minimum atomic E-state index is -2.31. The fourth-order valence-corrected chi connectivity index (χ4v) is 9.91. The smallest absolute Gasteiger partial charge is 0.322 e. The highest BCUT2D eigenvalue weighted by atomic mass is 35.6. The Kier molecular flexibility index (Phi) is 6.14. The molecule has 0 aromatic carbocycles. The highest BCUT2D eigenvalue weighted by Gasteiger charge is 2.45. The first kappa shape index (κ1) is 17.7. The van der Waals surface area contributed by atoms with Crippen LogP contribution in [0.15, 0.2) is 0 Å². The monoisotopic (exact) mass is 322 g/mol. The van der Waals surface area contributed by atoms with E-state index in [1.807, 2.05) is 33.1 Å². The van der Waals surface area contributed by atoms with E-state index in [0.29, 0.717) is 6.61 Å². The van der Waals surface area contributed by atoms with Crippen molar-refractivity contribution < 1.29 is 18.0 Å². The predicted molar refractivity (Wildman–Crippen MR) is 82.2 cm³/mol. The van der Waals surface area contributed by atoms with Gasteiger partial charge in [0.2, 0.25) is 0 Å². The molecule has 2 unspecified atom stereocenters. The molecular weight excluding hydrogens is 299 g/mol. The number of ether oxygens (including phenoxy) is 2. The van der Waals surface area contributed by atoms with Crippen molar-refractivity contribution in [2.45, 2.75) is 51.3 Å². The van der Waals surface area contributed by atoms with E-state index >= 15 is 0 Å². The second-order valence-electron chi connectivity index (χ2n) is 5.90. The van der Waals surface area contributed by atoms with Crippen LogP contribution < -0.4 is 0 Å². The van der Waals surface area contributed by atoms with Gasteiger partial charge >= 0.3 is 8.56 Å². The van der Waals surface area contributed by atoms with Crippen molar-refractivity contribution in [3.05, 3.63) is 0 Å². The van der Waals surface area contributed by atoms with Crippen LogP contribution in [-0.2, 0) is 18.0 Å². The molecule has 1 aliphatic rings. The van der Waals surface area contributed by atoms with Gasteiger partial charge in [-0.05, 0) is 26.2 Å². The molecule has 0 aliphatic carbocycles. The van der Waals surface area contributed by atoms with Gasteiger partial charge in [0.25, 0.3) is 7.63 Å².